The van der Waals surface area contributed by atoms with Crippen LogP contribution in [0.5, 0.6) is 0 Å². The minimum Gasteiger partial charge on any atom is -0.394 e. The highest BCUT2D eigenvalue weighted by molar-refractivity contribution is 4.93. The maximum Gasteiger partial charge on any atom is 0.0613 e. The van der Waals surface area contributed by atoms with E-state index in [4.69, 9.17) is 5.11 Å². The van der Waals surface area contributed by atoms with Crippen LogP contribution in [0.4, 0.5) is 0 Å². The van der Waals surface area contributed by atoms with Gasteiger partial charge in [-0.3, -0.25) is 0 Å². The van der Waals surface area contributed by atoms with Crippen LogP contribution in [0.2, 0.25) is 0 Å². The van der Waals surface area contributed by atoms with E-state index >= 15 is 0 Å². The van der Waals surface area contributed by atoms with E-state index in [1.165, 1.54) is 6.42 Å². The van der Waals surface area contributed by atoms with Gasteiger partial charge in [-0.05, 0) is 32.2 Å². The molecule has 0 unspecified atom stereocenters. The van der Waals surface area contributed by atoms with E-state index in [1.807, 2.05) is 7.05 Å². The van der Waals surface area contributed by atoms with Crippen molar-refractivity contribution < 1.29 is 5.11 Å². The second kappa shape index (κ2) is 2.89. The average Bonchev–Trinajstić information content (AvgIpc) is 2.33. The number of aliphatic hydroxyl groups is 1. The van der Waals surface area contributed by atoms with Crippen molar-refractivity contribution in [3.05, 3.63) is 0 Å². The molecule has 1 fully saturated rings. The molecule has 0 aromatic rings. The molecule has 0 aliphatic heterocycles. The van der Waals surface area contributed by atoms with E-state index in [1.54, 1.807) is 0 Å². The fraction of sp³-hybridized carbons (Fsp3) is 1.00. The number of nitrogens with one attached hydrogen (secondary N) is 1. The Hall–Kier alpha value is -0.0800. The lowest BCUT2D eigenvalue weighted by molar-refractivity contribution is 0.169. The van der Waals surface area contributed by atoms with Gasteiger partial charge in [0.1, 0.15) is 0 Å². The van der Waals surface area contributed by atoms with Crippen molar-refractivity contribution in [3.8, 4) is 0 Å². The maximum atomic E-state index is 9.07. The lowest BCUT2D eigenvalue weighted by Gasteiger charge is -2.25. The molecule has 0 aromatic carbocycles. The van der Waals surface area contributed by atoms with E-state index < -0.39 is 0 Å². The lowest BCUT2D eigenvalue weighted by atomic mass is 9.98. The van der Waals surface area contributed by atoms with Crippen LogP contribution >= 0.6 is 0 Å². The quantitative estimate of drug-likeness (QED) is 0.598. The van der Waals surface area contributed by atoms with Crippen LogP contribution in [0.25, 0.3) is 0 Å². The Morgan fingerprint density at radius 3 is 2.60 bits per heavy atom. The van der Waals surface area contributed by atoms with Gasteiger partial charge in [-0.25, -0.2) is 0 Å². The first-order valence-corrected chi connectivity index (χ1v) is 4.02. The predicted molar refractivity (Wildman–Crippen MR) is 41.9 cm³/mol. The molecule has 2 heteroatoms. The summed E-state index contributed by atoms with van der Waals surface area (Å²) in [5.41, 5.74) is 0.0550. The third kappa shape index (κ3) is 1.32. The van der Waals surface area contributed by atoms with Crippen molar-refractivity contribution >= 4 is 0 Å². The number of hydrogen-bond donors (Lipinski definition) is 2. The topological polar surface area (TPSA) is 32.3 Å². The first-order valence-electron chi connectivity index (χ1n) is 4.02. The van der Waals surface area contributed by atoms with Gasteiger partial charge in [-0.1, -0.05) is 6.92 Å². The first-order chi connectivity index (χ1) is 4.72. The largest absolute Gasteiger partial charge is 0.394 e. The van der Waals surface area contributed by atoms with Crippen LogP contribution in [0.3, 0.4) is 0 Å². The van der Waals surface area contributed by atoms with Gasteiger partial charge in [0.05, 0.1) is 6.61 Å². The standard InChI is InChI=1S/C8H17NO/c1-7-3-4-8(5-7,6-10)9-2/h7,9-10H,3-6H2,1-2H3/t7-,8-/m1/s1. The number of hydrogen-bond acceptors (Lipinski definition) is 2. The molecule has 0 saturated heterocycles. The fourth-order valence-electron chi connectivity index (χ4n) is 1.84. The molecule has 60 valence electrons. The van der Waals surface area contributed by atoms with Crippen molar-refractivity contribution in [2.75, 3.05) is 13.7 Å². The summed E-state index contributed by atoms with van der Waals surface area (Å²) in [5.74, 6) is 0.777. The van der Waals surface area contributed by atoms with Gasteiger partial charge in [0.2, 0.25) is 0 Å². The molecule has 10 heavy (non-hydrogen) atoms. The minimum absolute atomic E-state index is 0.0550. The molecular weight excluding hydrogens is 126 g/mol. The smallest absolute Gasteiger partial charge is 0.0613 e. The van der Waals surface area contributed by atoms with Crippen LogP contribution < -0.4 is 5.32 Å². The summed E-state index contributed by atoms with van der Waals surface area (Å²) in [6.45, 7) is 2.53. The number of likely N-dealkylation sites (N-methyl/N-ethyl adjacent to an activating group) is 1. The normalized spacial score (nSPS) is 40.5. The molecule has 0 heterocycles. The summed E-state index contributed by atoms with van der Waals surface area (Å²) in [4.78, 5) is 0. The third-order valence-electron chi connectivity index (χ3n) is 2.69. The fourth-order valence-corrected chi connectivity index (χ4v) is 1.84. The highest BCUT2D eigenvalue weighted by atomic mass is 16.3. The molecule has 1 aliphatic rings. The summed E-state index contributed by atoms with van der Waals surface area (Å²) >= 11 is 0. The van der Waals surface area contributed by atoms with Crippen molar-refractivity contribution in [2.24, 2.45) is 5.92 Å². The minimum atomic E-state index is 0.0550. The molecule has 0 radical (unpaired) electrons. The Bertz CT molecular complexity index is 110. The van der Waals surface area contributed by atoms with Gasteiger partial charge >= 0.3 is 0 Å². The van der Waals surface area contributed by atoms with Gasteiger partial charge in [-0.15, -0.1) is 0 Å². The van der Waals surface area contributed by atoms with E-state index in [0.29, 0.717) is 0 Å². The molecule has 0 amide bonds. The number of rotatable bonds is 2. The summed E-state index contributed by atoms with van der Waals surface area (Å²) < 4.78 is 0. The molecule has 2 atom stereocenters. The Balaban J connectivity index is 2.51. The van der Waals surface area contributed by atoms with Crippen LogP contribution in [0.15, 0.2) is 0 Å². The highest BCUT2D eigenvalue weighted by Gasteiger charge is 2.34. The van der Waals surface area contributed by atoms with E-state index in [9.17, 15) is 0 Å². The van der Waals surface area contributed by atoms with Crippen molar-refractivity contribution in [1.82, 2.24) is 5.32 Å². The van der Waals surface area contributed by atoms with Crippen LogP contribution in [-0.2, 0) is 0 Å². The third-order valence-corrected chi connectivity index (χ3v) is 2.69. The van der Waals surface area contributed by atoms with Crippen LogP contribution in [0.1, 0.15) is 26.2 Å². The van der Waals surface area contributed by atoms with E-state index in [-0.39, 0.29) is 12.1 Å². The van der Waals surface area contributed by atoms with Crippen molar-refractivity contribution in [2.45, 2.75) is 31.7 Å². The van der Waals surface area contributed by atoms with Crippen molar-refractivity contribution in [1.29, 1.82) is 0 Å². The average molecular weight is 143 g/mol. The second-order valence-corrected chi connectivity index (χ2v) is 3.54. The van der Waals surface area contributed by atoms with E-state index in [0.717, 1.165) is 18.8 Å². The van der Waals surface area contributed by atoms with Gasteiger partial charge in [-0.2, -0.15) is 0 Å². The van der Waals surface area contributed by atoms with Gasteiger partial charge in [0.15, 0.2) is 0 Å². The summed E-state index contributed by atoms with van der Waals surface area (Å²) in [7, 11) is 1.94. The maximum absolute atomic E-state index is 9.07. The summed E-state index contributed by atoms with van der Waals surface area (Å²) in [6, 6.07) is 0. The monoisotopic (exact) mass is 143 g/mol. The van der Waals surface area contributed by atoms with Gasteiger partial charge in [0.25, 0.3) is 0 Å². The van der Waals surface area contributed by atoms with Crippen LogP contribution in [0, 0.1) is 5.92 Å². The van der Waals surface area contributed by atoms with Crippen LogP contribution in [-0.4, -0.2) is 24.3 Å². The zero-order valence-electron chi connectivity index (χ0n) is 6.85. The van der Waals surface area contributed by atoms with Crippen molar-refractivity contribution in [3.63, 3.8) is 0 Å². The second-order valence-electron chi connectivity index (χ2n) is 3.54. The summed E-state index contributed by atoms with van der Waals surface area (Å²) in [5, 5.41) is 12.3. The molecule has 1 saturated carbocycles. The zero-order chi connectivity index (χ0) is 7.61. The molecule has 2 N–H and O–H groups in total. The SMILES string of the molecule is CN[C@]1(CO)CC[C@@H](C)C1. The molecule has 0 aromatic heterocycles. The predicted octanol–water partition coefficient (Wildman–Crippen LogP) is 0.757. The zero-order valence-corrected chi connectivity index (χ0v) is 6.85. The summed E-state index contributed by atoms with van der Waals surface area (Å²) in [6.07, 6.45) is 3.50. The highest BCUT2D eigenvalue weighted by Crippen LogP contribution is 2.33. The Morgan fingerprint density at radius 1 is 1.70 bits per heavy atom. The molecule has 1 aliphatic carbocycles. The van der Waals surface area contributed by atoms with Gasteiger partial charge in [0, 0.05) is 5.54 Å². The number of aliphatic hydroxyl groups excluding tert-OH is 1. The first kappa shape index (κ1) is 8.02. The van der Waals surface area contributed by atoms with Gasteiger partial charge < -0.3 is 10.4 Å². The Morgan fingerprint density at radius 2 is 2.40 bits per heavy atom. The van der Waals surface area contributed by atoms with E-state index in [2.05, 4.69) is 12.2 Å². The molecule has 0 spiro atoms. The molecule has 0 bridgehead atoms. The molecule has 1 rings (SSSR count). The molecule has 2 nitrogen and oxygen atoms in total. The Kier molecular flexibility index (Phi) is 2.32. The molecular formula is C8H17NO. The Labute approximate surface area is 62.6 Å². The lowest BCUT2D eigenvalue weighted by Crippen LogP contribution is -2.43.